The average molecular weight is 601 g/mol. The van der Waals surface area contributed by atoms with Gasteiger partial charge in [-0.3, -0.25) is 0 Å². The molecule has 2 aromatic heterocycles. The number of nitrogens with one attached hydrogen (secondary N) is 2. The Hall–Kier alpha value is -2.59. The number of anilines is 2. The fourth-order valence-electron chi connectivity index (χ4n) is 4.99. The molecule has 40 heavy (non-hydrogen) atoms. The minimum absolute atomic E-state index is 0.0532. The van der Waals surface area contributed by atoms with E-state index in [4.69, 9.17) is 0 Å². The number of halogens is 3. The summed E-state index contributed by atoms with van der Waals surface area (Å²) in [7, 11) is -3.52. The van der Waals surface area contributed by atoms with Crippen LogP contribution in [-0.4, -0.2) is 88.2 Å². The van der Waals surface area contributed by atoms with Crippen LogP contribution in [0.1, 0.15) is 25.0 Å². The van der Waals surface area contributed by atoms with Gasteiger partial charge in [0.1, 0.15) is 23.5 Å². The summed E-state index contributed by atoms with van der Waals surface area (Å²) < 4.78 is 65.7. The number of hydrogen-bond acceptors (Lipinski definition) is 10. The average Bonchev–Trinajstić information content (AvgIpc) is 3.52. The summed E-state index contributed by atoms with van der Waals surface area (Å²) in [5.74, 6) is -0.349. The SMILES string of the molecule is Cc1nc(NCC(F)(F)F)nc(N[C@@H]2C[C@H](CN(CC3CC3)S(C)(=O)=O)[C@@H](O)[C@H]2O)c1-c1nc2ccccc2s1. The molecule has 3 aromatic rings. The third kappa shape index (κ3) is 6.65. The van der Waals surface area contributed by atoms with Crippen molar-refractivity contribution >= 4 is 43.3 Å². The van der Waals surface area contributed by atoms with Crippen LogP contribution in [0, 0.1) is 18.8 Å². The van der Waals surface area contributed by atoms with E-state index in [0.717, 1.165) is 29.3 Å². The summed E-state index contributed by atoms with van der Waals surface area (Å²) in [5.41, 5.74) is 1.58. The van der Waals surface area contributed by atoms with Gasteiger partial charge in [-0.2, -0.15) is 18.2 Å². The van der Waals surface area contributed by atoms with Crippen molar-refractivity contribution in [3.63, 3.8) is 0 Å². The van der Waals surface area contributed by atoms with E-state index in [1.54, 1.807) is 6.92 Å². The minimum atomic E-state index is -4.48. The van der Waals surface area contributed by atoms with Crippen LogP contribution < -0.4 is 10.6 Å². The Balaban J connectivity index is 1.44. The summed E-state index contributed by atoms with van der Waals surface area (Å²) in [6.45, 7) is 0.730. The molecule has 0 saturated heterocycles. The lowest BCUT2D eigenvalue weighted by molar-refractivity contribution is -0.115. The molecule has 0 unspecified atom stereocenters. The molecule has 2 saturated carbocycles. The molecule has 5 rings (SSSR count). The molecule has 0 spiro atoms. The number of para-hydroxylation sites is 1. The maximum atomic E-state index is 12.9. The Bertz CT molecular complexity index is 1450. The lowest BCUT2D eigenvalue weighted by atomic mass is 10.1. The van der Waals surface area contributed by atoms with Crippen LogP contribution >= 0.6 is 11.3 Å². The lowest BCUT2D eigenvalue weighted by Crippen LogP contribution is -2.40. The number of aryl methyl sites for hydroxylation is 1. The third-order valence-electron chi connectivity index (χ3n) is 7.23. The van der Waals surface area contributed by atoms with Crippen molar-refractivity contribution in [3.8, 4) is 10.6 Å². The molecule has 2 fully saturated rings. The topological polar surface area (TPSA) is 141 Å². The first-order valence-corrected chi connectivity index (χ1v) is 15.6. The number of aliphatic hydroxyl groups is 2. The van der Waals surface area contributed by atoms with E-state index in [9.17, 15) is 31.8 Å². The van der Waals surface area contributed by atoms with Crippen molar-refractivity contribution in [2.75, 3.05) is 36.5 Å². The second kappa shape index (κ2) is 11.0. The van der Waals surface area contributed by atoms with Crippen LogP contribution in [0.2, 0.25) is 0 Å². The number of aliphatic hydroxyl groups excluding tert-OH is 2. The molecule has 4 atom stereocenters. The van der Waals surface area contributed by atoms with E-state index in [1.165, 1.54) is 15.6 Å². The highest BCUT2D eigenvalue weighted by molar-refractivity contribution is 7.88. The van der Waals surface area contributed by atoms with Gasteiger partial charge in [-0.25, -0.2) is 22.7 Å². The molecule has 2 aliphatic rings. The van der Waals surface area contributed by atoms with Crippen molar-refractivity contribution in [2.45, 2.75) is 50.6 Å². The highest BCUT2D eigenvalue weighted by Crippen LogP contribution is 2.39. The van der Waals surface area contributed by atoms with Gasteiger partial charge in [-0.15, -0.1) is 11.3 Å². The van der Waals surface area contributed by atoms with Gasteiger partial charge in [0.15, 0.2) is 0 Å². The number of hydrogen-bond donors (Lipinski definition) is 4. The van der Waals surface area contributed by atoms with E-state index in [2.05, 4.69) is 25.6 Å². The molecule has 2 aliphatic carbocycles. The molecule has 1 aromatic carbocycles. The van der Waals surface area contributed by atoms with Gasteiger partial charge in [-0.1, -0.05) is 12.1 Å². The zero-order valence-electron chi connectivity index (χ0n) is 21.9. The maximum absolute atomic E-state index is 12.9. The van der Waals surface area contributed by atoms with Crippen LogP contribution in [0.3, 0.4) is 0 Å². The Labute approximate surface area is 233 Å². The third-order valence-corrected chi connectivity index (χ3v) is 9.52. The maximum Gasteiger partial charge on any atom is 0.405 e. The monoisotopic (exact) mass is 600 g/mol. The Kier molecular flexibility index (Phi) is 7.96. The number of fused-ring (bicyclic) bond motifs is 1. The summed E-state index contributed by atoms with van der Waals surface area (Å²) in [6.07, 6.45) is -3.70. The fraction of sp³-hybridized carbons (Fsp3) is 0.560. The number of nitrogens with zero attached hydrogens (tertiary/aromatic N) is 4. The van der Waals surface area contributed by atoms with Gasteiger partial charge < -0.3 is 20.8 Å². The summed E-state index contributed by atoms with van der Waals surface area (Å²) in [5, 5.41) is 27.6. The van der Waals surface area contributed by atoms with E-state index in [-0.39, 0.29) is 24.7 Å². The summed E-state index contributed by atoms with van der Waals surface area (Å²) >= 11 is 1.37. The van der Waals surface area contributed by atoms with Gasteiger partial charge >= 0.3 is 6.18 Å². The Morgan fingerprint density at radius 1 is 1.10 bits per heavy atom. The van der Waals surface area contributed by atoms with E-state index >= 15 is 0 Å². The van der Waals surface area contributed by atoms with Gasteiger partial charge in [0.25, 0.3) is 0 Å². The minimum Gasteiger partial charge on any atom is -0.390 e. The summed E-state index contributed by atoms with van der Waals surface area (Å²) in [4.78, 5) is 13.2. The Morgan fingerprint density at radius 2 is 1.82 bits per heavy atom. The van der Waals surface area contributed by atoms with Crippen LogP contribution in [-0.2, 0) is 10.0 Å². The van der Waals surface area contributed by atoms with Gasteiger partial charge in [-0.05, 0) is 44.2 Å². The van der Waals surface area contributed by atoms with Crippen LogP contribution in [0.25, 0.3) is 20.8 Å². The molecular weight excluding hydrogens is 569 g/mol. The molecule has 0 bridgehead atoms. The lowest BCUT2D eigenvalue weighted by Gasteiger charge is -2.25. The predicted molar refractivity (Wildman–Crippen MR) is 147 cm³/mol. The van der Waals surface area contributed by atoms with Crippen molar-refractivity contribution in [3.05, 3.63) is 30.0 Å². The van der Waals surface area contributed by atoms with Crippen LogP contribution in [0.5, 0.6) is 0 Å². The zero-order valence-corrected chi connectivity index (χ0v) is 23.5. The van der Waals surface area contributed by atoms with E-state index in [1.807, 2.05) is 24.3 Å². The van der Waals surface area contributed by atoms with Crippen LogP contribution in [0.15, 0.2) is 24.3 Å². The van der Waals surface area contributed by atoms with E-state index in [0.29, 0.717) is 28.7 Å². The van der Waals surface area contributed by atoms with Gasteiger partial charge in [0.2, 0.25) is 16.0 Å². The smallest absolute Gasteiger partial charge is 0.390 e. The molecule has 218 valence electrons. The molecule has 0 radical (unpaired) electrons. The fourth-order valence-corrected chi connectivity index (χ4v) is 7.00. The van der Waals surface area contributed by atoms with Gasteiger partial charge in [0, 0.05) is 19.0 Å². The number of rotatable bonds is 10. The summed E-state index contributed by atoms with van der Waals surface area (Å²) in [6, 6.07) is 6.71. The normalized spacial score (nSPS) is 23.7. The number of sulfonamides is 1. The second-order valence-corrected chi connectivity index (χ2v) is 13.6. The molecular formula is C25H31F3N6O4S2. The number of benzene rings is 1. The van der Waals surface area contributed by atoms with Crippen molar-refractivity contribution in [1.29, 1.82) is 0 Å². The number of alkyl halides is 3. The zero-order chi connectivity index (χ0) is 28.8. The first-order valence-electron chi connectivity index (χ1n) is 12.9. The first-order chi connectivity index (χ1) is 18.8. The predicted octanol–water partition coefficient (Wildman–Crippen LogP) is 3.23. The molecule has 2 heterocycles. The molecule has 4 N–H and O–H groups in total. The molecule has 0 amide bonds. The van der Waals surface area contributed by atoms with Crippen LogP contribution in [0.4, 0.5) is 24.9 Å². The van der Waals surface area contributed by atoms with Crippen molar-refractivity contribution < 1.29 is 31.8 Å². The highest BCUT2D eigenvalue weighted by Gasteiger charge is 2.44. The first kappa shape index (κ1) is 28.9. The number of aromatic nitrogens is 3. The van der Waals surface area contributed by atoms with Crippen molar-refractivity contribution in [2.24, 2.45) is 11.8 Å². The Morgan fingerprint density at radius 3 is 2.48 bits per heavy atom. The standard InChI is InChI=1S/C25H31F3N6O4S2/c1-13-19(23-32-16-5-3-4-6-18(16)39-23)22(33-24(30-13)29-12-25(26,27)28)31-17-9-15(20(35)21(17)36)11-34(40(2,37)38)10-14-7-8-14/h3-6,14-15,17,20-21,35-36H,7-12H2,1-2H3,(H2,29,30,31,33)/t15-,17-,20-,21+/m1/s1. The van der Waals surface area contributed by atoms with Crippen molar-refractivity contribution in [1.82, 2.24) is 19.3 Å². The second-order valence-electron chi connectivity index (χ2n) is 10.6. The quantitative estimate of drug-likeness (QED) is 0.276. The molecule has 10 nitrogen and oxygen atoms in total. The largest absolute Gasteiger partial charge is 0.405 e. The highest BCUT2D eigenvalue weighted by atomic mass is 32.2. The number of thiazole rings is 1. The molecule has 15 heteroatoms. The van der Waals surface area contributed by atoms with E-state index < -0.39 is 46.9 Å². The van der Waals surface area contributed by atoms with Gasteiger partial charge in [0.05, 0.1) is 39.9 Å². The molecule has 0 aliphatic heterocycles.